The number of fused-ring (bicyclic) bond motifs is 1. The third-order valence-electron chi connectivity index (χ3n) is 2.56. The smallest absolute Gasteiger partial charge is 0.253 e. The van der Waals surface area contributed by atoms with Crippen LogP contribution in [0.25, 0.3) is 10.9 Å². The van der Waals surface area contributed by atoms with Gasteiger partial charge in [-0.3, -0.25) is 0 Å². The van der Waals surface area contributed by atoms with E-state index in [1.807, 2.05) is 32.0 Å². The fourth-order valence-corrected chi connectivity index (χ4v) is 1.69. The Morgan fingerprint density at radius 3 is 2.84 bits per heavy atom. The van der Waals surface area contributed by atoms with Crippen LogP contribution in [-0.2, 0) is 0 Å². The highest BCUT2D eigenvalue weighted by atomic mass is 15.1. The molecule has 2 N–H and O–H groups in total. The first-order valence-corrected chi connectivity index (χ1v) is 5.84. The summed E-state index contributed by atoms with van der Waals surface area (Å²) < 4.78 is 0. The normalized spacial score (nSPS) is 12.2. The molecule has 2 aromatic rings. The molecule has 5 heteroatoms. The van der Waals surface area contributed by atoms with E-state index >= 15 is 0 Å². The zero-order valence-corrected chi connectivity index (χ0v) is 11.0. The lowest BCUT2D eigenvalue weighted by atomic mass is 10.1. The maximum absolute atomic E-state index is 5.64. The summed E-state index contributed by atoms with van der Waals surface area (Å²) in [5, 5.41) is 1.01. The number of nitrogens with two attached hydrogens (primary N) is 1. The minimum atomic E-state index is 0.103. The minimum absolute atomic E-state index is 0.103. The van der Waals surface area contributed by atoms with Crippen LogP contribution in [0.2, 0.25) is 0 Å². The van der Waals surface area contributed by atoms with Crippen LogP contribution in [0.15, 0.2) is 40.8 Å². The van der Waals surface area contributed by atoms with Crippen LogP contribution in [0.4, 0.5) is 5.95 Å². The molecule has 0 spiro atoms. The second-order valence-corrected chi connectivity index (χ2v) is 4.11. The van der Waals surface area contributed by atoms with Gasteiger partial charge >= 0.3 is 0 Å². The van der Waals surface area contributed by atoms with E-state index in [0.29, 0.717) is 5.95 Å². The third-order valence-corrected chi connectivity index (χ3v) is 2.56. The van der Waals surface area contributed by atoms with Gasteiger partial charge in [0.2, 0.25) is 5.96 Å². The maximum Gasteiger partial charge on any atom is 0.253 e. The van der Waals surface area contributed by atoms with E-state index < -0.39 is 0 Å². The number of allylic oxidation sites excluding steroid dienone is 1. The summed E-state index contributed by atoms with van der Waals surface area (Å²) in [7, 11) is 0. The minimum Gasteiger partial charge on any atom is -0.368 e. The summed E-state index contributed by atoms with van der Waals surface area (Å²) in [5.41, 5.74) is 8.50. The van der Waals surface area contributed by atoms with Crippen LogP contribution < -0.4 is 5.73 Å². The molecule has 0 saturated carbocycles. The van der Waals surface area contributed by atoms with E-state index in [1.165, 1.54) is 12.3 Å². The predicted molar refractivity (Wildman–Crippen MR) is 79.0 cm³/mol. The molecule has 0 unspecified atom stereocenters. The van der Waals surface area contributed by atoms with Crippen molar-refractivity contribution >= 4 is 29.0 Å². The SMILES string of the molecule is C=C/C=N/C(N)=N\c1nc(C)c2ccc(C)cc2n1. The van der Waals surface area contributed by atoms with Gasteiger partial charge in [0.25, 0.3) is 5.95 Å². The number of aryl methyl sites for hydroxylation is 2. The molecule has 19 heavy (non-hydrogen) atoms. The molecule has 1 aromatic heterocycles. The Hall–Kier alpha value is -2.56. The molecule has 0 atom stereocenters. The van der Waals surface area contributed by atoms with Crippen LogP contribution >= 0.6 is 0 Å². The fourth-order valence-electron chi connectivity index (χ4n) is 1.69. The molecule has 1 heterocycles. The van der Waals surface area contributed by atoms with Gasteiger partial charge in [0.1, 0.15) is 0 Å². The number of hydrogen-bond donors (Lipinski definition) is 1. The van der Waals surface area contributed by atoms with Crippen molar-refractivity contribution in [2.45, 2.75) is 13.8 Å². The Balaban J connectivity index is 2.51. The summed E-state index contributed by atoms with van der Waals surface area (Å²) >= 11 is 0. The third kappa shape index (κ3) is 3.01. The number of guanidine groups is 1. The van der Waals surface area contributed by atoms with Gasteiger partial charge in [0.15, 0.2) is 0 Å². The highest BCUT2D eigenvalue weighted by Crippen LogP contribution is 2.19. The number of aliphatic imine (C=N–C) groups is 2. The van der Waals surface area contributed by atoms with Crippen molar-refractivity contribution in [2.24, 2.45) is 15.7 Å². The van der Waals surface area contributed by atoms with Gasteiger partial charge in [-0.25, -0.2) is 15.0 Å². The maximum atomic E-state index is 5.64. The predicted octanol–water partition coefficient (Wildman–Crippen LogP) is 2.45. The molecule has 0 aliphatic rings. The first kappa shape index (κ1) is 12.9. The van der Waals surface area contributed by atoms with E-state index in [4.69, 9.17) is 5.73 Å². The van der Waals surface area contributed by atoms with Crippen molar-refractivity contribution in [1.29, 1.82) is 0 Å². The Bertz CT molecular complexity index is 686. The molecular weight excluding hydrogens is 238 g/mol. The van der Waals surface area contributed by atoms with Gasteiger partial charge < -0.3 is 5.73 Å². The molecule has 0 amide bonds. The molecule has 0 fully saturated rings. The van der Waals surface area contributed by atoms with Gasteiger partial charge in [0, 0.05) is 11.6 Å². The monoisotopic (exact) mass is 253 g/mol. The summed E-state index contributed by atoms with van der Waals surface area (Å²) in [6.45, 7) is 7.45. The van der Waals surface area contributed by atoms with Crippen LogP contribution in [0, 0.1) is 13.8 Å². The zero-order valence-electron chi connectivity index (χ0n) is 11.0. The van der Waals surface area contributed by atoms with Crippen LogP contribution in [-0.4, -0.2) is 22.1 Å². The van der Waals surface area contributed by atoms with E-state index in [1.54, 1.807) is 0 Å². The van der Waals surface area contributed by atoms with Crippen LogP contribution in [0.5, 0.6) is 0 Å². The first-order valence-electron chi connectivity index (χ1n) is 5.84. The second kappa shape index (κ2) is 5.39. The number of hydrogen-bond acceptors (Lipinski definition) is 3. The zero-order chi connectivity index (χ0) is 13.8. The van der Waals surface area contributed by atoms with Crippen molar-refractivity contribution < 1.29 is 0 Å². The lowest BCUT2D eigenvalue weighted by Gasteiger charge is -2.03. The quantitative estimate of drug-likeness (QED) is 0.659. The number of aromatic nitrogens is 2. The molecule has 2 rings (SSSR count). The molecule has 5 nitrogen and oxygen atoms in total. The van der Waals surface area contributed by atoms with E-state index in [2.05, 4.69) is 26.5 Å². The van der Waals surface area contributed by atoms with Crippen molar-refractivity contribution in [3.05, 3.63) is 42.1 Å². The Morgan fingerprint density at radius 1 is 1.32 bits per heavy atom. The topological polar surface area (TPSA) is 76.5 Å². The Morgan fingerprint density at radius 2 is 2.11 bits per heavy atom. The van der Waals surface area contributed by atoms with Crippen molar-refractivity contribution in [2.75, 3.05) is 0 Å². The molecule has 96 valence electrons. The van der Waals surface area contributed by atoms with Gasteiger partial charge in [0.05, 0.1) is 11.2 Å². The summed E-state index contributed by atoms with van der Waals surface area (Å²) in [6.07, 6.45) is 3.00. The summed E-state index contributed by atoms with van der Waals surface area (Å²) in [5.74, 6) is 0.417. The number of nitrogens with zero attached hydrogens (tertiary/aromatic N) is 4. The van der Waals surface area contributed by atoms with E-state index in [0.717, 1.165) is 22.2 Å². The van der Waals surface area contributed by atoms with Gasteiger partial charge in [-0.2, -0.15) is 4.99 Å². The van der Waals surface area contributed by atoms with Gasteiger partial charge in [-0.05, 0) is 25.5 Å². The van der Waals surface area contributed by atoms with Crippen molar-refractivity contribution in [3.63, 3.8) is 0 Å². The van der Waals surface area contributed by atoms with Gasteiger partial charge in [-0.1, -0.05) is 24.8 Å². The van der Waals surface area contributed by atoms with Crippen molar-refractivity contribution in [1.82, 2.24) is 9.97 Å². The standard InChI is InChI=1S/C14H15N5/c1-4-7-16-13(15)19-14-17-10(3)11-6-5-9(2)8-12(11)18-14/h4-8H,1H2,2-3H3,(H2,15,17,18,19)/b16-7+. The molecule has 0 radical (unpaired) electrons. The molecule has 0 aliphatic carbocycles. The second-order valence-electron chi connectivity index (χ2n) is 4.11. The lowest BCUT2D eigenvalue weighted by Crippen LogP contribution is -2.08. The lowest BCUT2D eigenvalue weighted by molar-refractivity contribution is 1.12. The molecular formula is C14H15N5. The average Bonchev–Trinajstić information content (AvgIpc) is 2.35. The number of rotatable bonds is 2. The summed E-state index contributed by atoms with van der Waals surface area (Å²) in [4.78, 5) is 16.6. The Kier molecular flexibility index (Phi) is 3.66. The van der Waals surface area contributed by atoms with Crippen molar-refractivity contribution in [3.8, 4) is 0 Å². The van der Waals surface area contributed by atoms with Crippen LogP contribution in [0.3, 0.4) is 0 Å². The average molecular weight is 253 g/mol. The highest BCUT2D eigenvalue weighted by Gasteiger charge is 2.04. The molecule has 1 aromatic carbocycles. The molecule has 0 saturated heterocycles. The summed E-state index contributed by atoms with van der Waals surface area (Å²) in [6, 6.07) is 6.03. The number of benzene rings is 1. The first-order chi connectivity index (χ1) is 9.10. The van der Waals surface area contributed by atoms with E-state index in [9.17, 15) is 0 Å². The largest absolute Gasteiger partial charge is 0.368 e. The molecule has 0 aliphatic heterocycles. The van der Waals surface area contributed by atoms with Crippen LogP contribution in [0.1, 0.15) is 11.3 Å². The Labute approximate surface area is 111 Å². The van der Waals surface area contributed by atoms with Gasteiger partial charge in [-0.15, -0.1) is 0 Å². The highest BCUT2D eigenvalue weighted by molar-refractivity contribution is 5.91. The van der Waals surface area contributed by atoms with E-state index in [-0.39, 0.29) is 5.96 Å². The molecule has 0 bridgehead atoms. The fraction of sp³-hybridized carbons (Fsp3) is 0.143.